The largest absolute Gasteiger partial charge is 0.478 e. The number of fused-ring (bicyclic) bond motifs is 1. The molecule has 0 spiro atoms. The van der Waals surface area contributed by atoms with Crippen LogP contribution in [-0.4, -0.2) is 16.1 Å². The van der Waals surface area contributed by atoms with Gasteiger partial charge in [0.2, 0.25) is 0 Å². The second-order valence-corrected chi connectivity index (χ2v) is 4.40. The lowest BCUT2D eigenvalue weighted by molar-refractivity contribution is 0.0697. The maximum Gasteiger partial charge on any atom is 0.336 e. The van der Waals surface area contributed by atoms with Crippen molar-refractivity contribution >= 4 is 16.7 Å². The van der Waals surface area contributed by atoms with Crippen LogP contribution in [0.2, 0.25) is 0 Å². The number of carboxylic acid groups (broad SMARTS) is 1. The van der Waals surface area contributed by atoms with E-state index in [1.807, 2.05) is 24.3 Å². The van der Waals surface area contributed by atoms with E-state index in [9.17, 15) is 14.3 Å². The van der Waals surface area contributed by atoms with Gasteiger partial charge in [0.05, 0.1) is 5.56 Å². The van der Waals surface area contributed by atoms with Crippen LogP contribution in [0, 0.1) is 5.82 Å². The number of aromatic carboxylic acids is 1. The molecule has 0 saturated carbocycles. The second kappa shape index (κ2) is 4.74. The Kier molecular flexibility index (Phi) is 2.91. The van der Waals surface area contributed by atoms with Crippen LogP contribution in [0.15, 0.2) is 54.9 Å². The van der Waals surface area contributed by atoms with Crippen molar-refractivity contribution in [3.8, 4) is 11.1 Å². The fraction of sp³-hybridized carbons (Fsp3) is 0. The Morgan fingerprint density at radius 1 is 1.10 bits per heavy atom. The van der Waals surface area contributed by atoms with E-state index < -0.39 is 11.8 Å². The van der Waals surface area contributed by atoms with Gasteiger partial charge >= 0.3 is 5.97 Å². The van der Waals surface area contributed by atoms with Gasteiger partial charge in [0, 0.05) is 17.8 Å². The number of aromatic nitrogens is 1. The maximum absolute atomic E-state index is 13.3. The van der Waals surface area contributed by atoms with E-state index in [1.165, 1.54) is 12.1 Å². The van der Waals surface area contributed by atoms with E-state index in [4.69, 9.17) is 0 Å². The number of pyridine rings is 1. The van der Waals surface area contributed by atoms with Crippen molar-refractivity contribution in [3.05, 3.63) is 66.2 Å². The van der Waals surface area contributed by atoms with Crippen LogP contribution in [0.1, 0.15) is 10.4 Å². The molecule has 1 heterocycles. The molecule has 98 valence electrons. The van der Waals surface area contributed by atoms with Gasteiger partial charge in [-0.2, -0.15) is 0 Å². The lowest BCUT2D eigenvalue weighted by Gasteiger charge is -2.09. The summed E-state index contributed by atoms with van der Waals surface area (Å²) in [5.41, 5.74) is 1.20. The predicted molar refractivity (Wildman–Crippen MR) is 74.1 cm³/mol. The number of nitrogens with zero attached hydrogens (tertiary/aromatic N) is 1. The summed E-state index contributed by atoms with van der Waals surface area (Å²) in [6.45, 7) is 0. The lowest BCUT2D eigenvalue weighted by atomic mass is 9.95. The quantitative estimate of drug-likeness (QED) is 0.769. The Balaban J connectivity index is 2.34. The third-order valence-electron chi connectivity index (χ3n) is 3.18. The molecule has 0 bridgehead atoms. The van der Waals surface area contributed by atoms with Gasteiger partial charge in [-0.25, -0.2) is 9.18 Å². The minimum absolute atomic E-state index is 0.0469. The third kappa shape index (κ3) is 2.01. The van der Waals surface area contributed by atoms with Gasteiger partial charge in [0.25, 0.3) is 0 Å². The monoisotopic (exact) mass is 267 g/mol. The first kappa shape index (κ1) is 12.3. The molecule has 1 aromatic heterocycles. The Hall–Kier alpha value is -2.75. The molecule has 0 aliphatic rings. The minimum atomic E-state index is -1.15. The fourth-order valence-electron chi connectivity index (χ4n) is 2.29. The van der Waals surface area contributed by atoms with Crippen molar-refractivity contribution < 1.29 is 14.3 Å². The topological polar surface area (TPSA) is 50.2 Å². The molecular weight excluding hydrogens is 257 g/mol. The van der Waals surface area contributed by atoms with Crippen molar-refractivity contribution in [2.24, 2.45) is 0 Å². The average molecular weight is 267 g/mol. The second-order valence-electron chi connectivity index (χ2n) is 4.40. The highest BCUT2D eigenvalue weighted by molar-refractivity contribution is 6.03. The van der Waals surface area contributed by atoms with Crippen molar-refractivity contribution in [1.82, 2.24) is 4.98 Å². The summed E-state index contributed by atoms with van der Waals surface area (Å²) in [6.07, 6.45) is 3.36. The molecule has 0 atom stereocenters. The Labute approximate surface area is 114 Å². The van der Waals surface area contributed by atoms with Gasteiger partial charge in [0.15, 0.2) is 0 Å². The first-order valence-electron chi connectivity index (χ1n) is 6.03. The number of benzene rings is 2. The molecule has 0 unspecified atom stereocenters. The van der Waals surface area contributed by atoms with Gasteiger partial charge in [-0.1, -0.05) is 24.3 Å². The van der Waals surface area contributed by atoms with Crippen LogP contribution >= 0.6 is 0 Å². The Bertz CT molecular complexity index is 809. The summed E-state index contributed by atoms with van der Waals surface area (Å²) >= 11 is 0. The predicted octanol–water partition coefficient (Wildman–Crippen LogP) is 3.74. The molecule has 0 aliphatic carbocycles. The molecule has 3 rings (SSSR count). The molecule has 20 heavy (non-hydrogen) atoms. The number of carbonyl (C=O) groups is 1. The molecule has 4 heteroatoms. The Morgan fingerprint density at radius 3 is 2.75 bits per heavy atom. The van der Waals surface area contributed by atoms with E-state index in [2.05, 4.69) is 4.98 Å². The van der Waals surface area contributed by atoms with E-state index in [-0.39, 0.29) is 5.56 Å². The highest BCUT2D eigenvalue weighted by atomic mass is 19.1. The summed E-state index contributed by atoms with van der Waals surface area (Å²) in [6, 6.07) is 11.2. The first-order chi connectivity index (χ1) is 9.66. The van der Waals surface area contributed by atoms with Crippen molar-refractivity contribution in [3.63, 3.8) is 0 Å². The molecule has 1 N–H and O–H groups in total. The number of hydrogen-bond acceptors (Lipinski definition) is 2. The molecule has 0 fully saturated rings. The van der Waals surface area contributed by atoms with Crippen LogP contribution in [0.25, 0.3) is 21.9 Å². The zero-order valence-electron chi connectivity index (χ0n) is 10.4. The van der Waals surface area contributed by atoms with E-state index in [0.29, 0.717) is 5.56 Å². The zero-order chi connectivity index (χ0) is 14.1. The smallest absolute Gasteiger partial charge is 0.336 e. The average Bonchev–Trinajstić information content (AvgIpc) is 2.46. The van der Waals surface area contributed by atoms with Gasteiger partial charge < -0.3 is 5.11 Å². The minimum Gasteiger partial charge on any atom is -0.478 e. The zero-order valence-corrected chi connectivity index (χ0v) is 10.4. The summed E-state index contributed by atoms with van der Waals surface area (Å²) in [5.74, 6) is -1.71. The van der Waals surface area contributed by atoms with Crippen molar-refractivity contribution in [2.75, 3.05) is 0 Å². The van der Waals surface area contributed by atoms with E-state index in [0.717, 1.165) is 22.4 Å². The normalized spacial score (nSPS) is 10.7. The third-order valence-corrected chi connectivity index (χ3v) is 3.18. The molecule has 3 aromatic rings. The lowest BCUT2D eigenvalue weighted by Crippen LogP contribution is -2.00. The van der Waals surface area contributed by atoms with Crippen LogP contribution in [-0.2, 0) is 0 Å². The number of rotatable bonds is 2. The van der Waals surface area contributed by atoms with Crippen LogP contribution < -0.4 is 0 Å². The first-order valence-corrected chi connectivity index (χ1v) is 6.03. The molecule has 0 aliphatic heterocycles. The number of halogens is 1. The van der Waals surface area contributed by atoms with Crippen LogP contribution in [0.4, 0.5) is 4.39 Å². The summed E-state index contributed by atoms with van der Waals surface area (Å²) in [7, 11) is 0. The molecule has 0 saturated heterocycles. The standard InChI is InChI=1S/C16H10FNO2/c17-11-4-5-14(15(8-11)16(19)20)13-3-1-2-10-9-18-7-6-12(10)13/h1-9H,(H,19,20). The van der Waals surface area contributed by atoms with Gasteiger partial charge in [-0.05, 0) is 34.7 Å². The summed E-state index contributed by atoms with van der Waals surface area (Å²) in [4.78, 5) is 15.3. The molecule has 0 radical (unpaired) electrons. The van der Waals surface area contributed by atoms with Crippen molar-refractivity contribution in [2.45, 2.75) is 0 Å². The van der Waals surface area contributed by atoms with Gasteiger partial charge in [0.1, 0.15) is 5.82 Å². The van der Waals surface area contributed by atoms with Crippen molar-refractivity contribution in [1.29, 1.82) is 0 Å². The van der Waals surface area contributed by atoms with E-state index >= 15 is 0 Å². The Morgan fingerprint density at radius 2 is 1.95 bits per heavy atom. The summed E-state index contributed by atoms with van der Waals surface area (Å²) in [5, 5.41) is 11.0. The van der Waals surface area contributed by atoms with Gasteiger partial charge in [-0.15, -0.1) is 0 Å². The molecule has 3 nitrogen and oxygen atoms in total. The number of hydrogen-bond donors (Lipinski definition) is 1. The highest BCUT2D eigenvalue weighted by Crippen LogP contribution is 2.31. The van der Waals surface area contributed by atoms with Crippen LogP contribution in [0.5, 0.6) is 0 Å². The fourth-order valence-corrected chi connectivity index (χ4v) is 2.29. The maximum atomic E-state index is 13.3. The molecular formula is C16H10FNO2. The van der Waals surface area contributed by atoms with Crippen LogP contribution in [0.3, 0.4) is 0 Å². The number of carboxylic acids is 1. The molecule has 2 aromatic carbocycles. The molecule has 0 amide bonds. The van der Waals surface area contributed by atoms with E-state index in [1.54, 1.807) is 12.4 Å². The van der Waals surface area contributed by atoms with Gasteiger partial charge in [-0.3, -0.25) is 4.98 Å². The highest BCUT2D eigenvalue weighted by Gasteiger charge is 2.14. The summed E-state index contributed by atoms with van der Waals surface area (Å²) < 4.78 is 13.3. The SMILES string of the molecule is O=C(O)c1cc(F)ccc1-c1cccc2cnccc12.